The van der Waals surface area contributed by atoms with Crippen LogP contribution in [-0.4, -0.2) is 55.4 Å². The van der Waals surface area contributed by atoms with Crippen molar-refractivity contribution in [2.75, 3.05) is 43.2 Å². The summed E-state index contributed by atoms with van der Waals surface area (Å²) in [5.74, 6) is 0.685. The van der Waals surface area contributed by atoms with E-state index in [9.17, 15) is 25.0 Å². The van der Waals surface area contributed by atoms with E-state index in [1.54, 1.807) is 42.2 Å². The van der Waals surface area contributed by atoms with Gasteiger partial charge < -0.3 is 29.8 Å². The van der Waals surface area contributed by atoms with Crippen LogP contribution in [0.15, 0.2) is 72.9 Å². The maximum atomic E-state index is 12.1. The predicted octanol–water partition coefficient (Wildman–Crippen LogP) is 2.95. The van der Waals surface area contributed by atoms with E-state index < -0.39 is 6.10 Å². The van der Waals surface area contributed by atoms with Crippen molar-refractivity contribution in [1.82, 2.24) is 0 Å². The standard InChI is InChI=1S/C17H19N3O4.C11H14O3/c1-18(16-5-2-3-10-20(16)23)8-4-9-19-14-7-6-13(21)11-15(14)24-12-17(19)22;1-2-14-11(13)8-10(12)9-6-4-3-5-7-9/h2-3,5-7,10-11,21H,4,8-9,12H2,1H3;3-7,10,12H,2,8H2,1H3. The Morgan fingerprint density at radius 2 is 1.92 bits per heavy atom. The number of amides is 1. The third-order valence-corrected chi connectivity index (χ3v) is 5.81. The molecule has 1 aliphatic rings. The average molecular weight is 524 g/mol. The quantitative estimate of drug-likeness (QED) is 0.249. The molecule has 0 spiro atoms. The molecule has 0 bridgehead atoms. The second kappa shape index (κ2) is 13.8. The number of ether oxygens (including phenoxy) is 2. The van der Waals surface area contributed by atoms with E-state index in [4.69, 9.17) is 9.47 Å². The molecule has 1 unspecified atom stereocenters. The molecule has 10 heteroatoms. The average Bonchev–Trinajstić information content (AvgIpc) is 2.91. The Hall–Kier alpha value is -4.31. The smallest absolute Gasteiger partial charge is 0.308 e. The van der Waals surface area contributed by atoms with Gasteiger partial charge in [0.25, 0.3) is 11.7 Å². The number of hydrogen-bond donors (Lipinski definition) is 2. The summed E-state index contributed by atoms with van der Waals surface area (Å²) in [6, 6.07) is 19.0. The number of phenolic OH excluding ortho intramolecular Hbond substituents is 1. The zero-order valence-electron chi connectivity index (χ0n) is 21.5. The number of rotatable bonds is 9. The van der Waals surface area contributed by atoms with E-state index in [1.165, 1.54) is 18.3 Å². The number of aliphatic hydroxyl groups excluding tert-OH is 1. The van der Waals surface area contributed by atoms with Crippen molar-refractivity contribution >= 4 is 23.4 Å². The molecule has 2 N–H and O–H groups in total. The lowest BCUT2D eigenvalue weighted by Crippen LogP contribution is -2.41. The first kappa shape index (κ1) is 28.3. The maximum Gasteiger partial charge on any atom is 0.308 e. The van der Waals surface area contributed by atoms with Crippen molar-refractivity contribution in [3.05, 3.63) is 83.7 Å². The zero-order chi connectivity index (χ0) is 27.5. The normalized spacial score (nSPS) is 12.9. The Balaban J connectivity index is 0.000000244. The van der Waals surface area contributed by atoms with Gasteiger partial charge in [-0.3, -0.25) is 14.5 Å². The number of benzene rings is 2. The summed E-state index contributed by atoms with van der Waals surface area (Å²) in [7, 11) is 1.84. The van der Waals surface area contributed by atoms with Crippen LogP contribution in [0.3, 0.4) is 0 Å². The topological polar surface area (TPSA) is 126 Å². The first-order valence-electron chi connectivity index (χ1n) is 12.3. The number of pyridine rings is 1. The van der Waals surface area contributed by atoms with E-state index in [-0.39, 0.29) is 30.7 Å². The predicted molar refractivity (Wildman–Crippen MR) is 142 cm³/mol. The molecular weight excluding hydrogens is 490 g/mol. The third-order valence-electron chi connectivity index (χ3n) is 5.81. The molecule has 0 aliphatic carbocycles. The molecule has 0 saturated carbocycles. The van der Waals surface area contributed by atoms with Crippen LogP contribution in [0.25, 0.3) is 0 Å². The van der Waals surface area contributed by atoms with Gasteiger partial charge in [0.05, 0.1) is 44.6 Å². The molecule has 0 radical (unpaired) electrons. The largest absolute Gasteiger partial charge is 0.711 e. The summed E-state index contributed by atoms with van der Waals surface area (Å²) >= 11 is 0. The highest BCUT2D eigenvalue weighted by atomic mass is 16.5. The summed E-state index contributed by atoms with van der Waals surface area (Å²) < 4.78 is 10.9. The molecule has 0 fully saturated rings. The van der Waals surface area contributed by atoms with Crippen molar-refractivity contribution in [2.24, 2.45) is 0 Å². The summed E-state index contributed by atoms with van der Waals surface area (Å²) in [6.45, 7) is 3.19. The summed E-state index contributed by atoms with van der Waals surface area (Å²) in [4.78, 5) is 26.7. The minimum absolute atomic E-state index is 0.0118. The highest BCUT2D eigenvalue weighted by Crippen LogP contribution is 2.34. The number of aliphatic hydroxyl groups is 1. The van der Waals surface area contributed by atoms with Gasteiger partial charge in [-0.1, -0.05) is 36.4 Å². The SMILES string of the molecule is CCOC(=O)CC(O)c1ccccc1.CN(CCCN1C(=O)COc2cc(O)ccc21)c1cccc[n+]1[O-]. The number of esters is 1. The number of hydrogen-bond acceptors (Lipinski definition) is 8. The van der Waals surface area contributed by atoms with Crippen molar-refractivity contribution in [3.63, 3.8) is 0 Å². The van der Waals surface area contributed by atoms with Crippen LogP contribution < -0.4 is 19.3 Å². The number of aromatic hydroxyl groups is 1. The third kappa shape index (κ3) is 7.84. The molecule has 1 atom stereocenters. The van der Waals surface area contributed by atoms with Gasteiger partial charge in [0, 0.05) is 25.1 Å². The van der Waals surface area contributed by atoms with Crippen LogP contribution in [-0.2, 0) is 14.3 Å². The van der Waals surface area contributed by atoms with Crippen LogP contribution in [0.2, 0.25) is 0 Å². The van der Waals surface area contributed by atoms with Gasteiger partial charge in [0.2, 0.25) is 0 Å². The van der Waals surface area contributed by atoms with Gasteiger partial charge in [-0.15, -0.1) is 0 Å². The number of fused-ring (bicyclic) bond motifs is 1. The van der Waals surface area contributed by atoms with E-state index in [2.05, 4.69) is 0 Å². The Kier molecular flexibility index (Phi) is 10.3. The highest BCUT2D eigenvalue weighted by molar-refractivity contribution is 5.97. The fourth-order valence-electron chi connectivity index (χ4n) is 3.90. The molecule has 2 heterocycles. The zero-order valence-corrected chi connectivity index (χ0v) is 21.5. The van der Waals surface area contributed by atoms with Crippen molar-refractivity contribution < 1.29 is 34.0 Å². The van der Waals surface area contributed by atoms with Crippen LogP contribution in [0.1, 0.15) is 31.4 Å². The minimum Gasteiger partial charge on any atom is -0.711 e. The van der Waals surface area contributed by atoms with Crippen molar-refractivity contribution in [2.45, 2.75) is 25.9 Å². The molecule has 1 aliphatic heterocycles. The lowest BCUT2D eigenvalue weighted by atomic mass is 10.1. The van der Waals surface area contributed by atoms with Crippen molar-refractivity contribution in [1.29, 1.82) is 0 Å². The van der Waals surface area contributed by atoms with E-state index >= 15 is 0 Å². The Labute approximate surface area is 221 Å². The van der Waals surface area contributed by atoms with E-state index in [0.29, 0.717) is 43.4 Å². The molecule has 10 nitrogen and oxygen atoms in total. The van der Waals surface area contributed by atoms with Crippen LogP contribution in [0.5, 0.6) is 11.5 Å². The second-order valence-corrected chi connectivity index (χ2v) is 8.58. The fourth-order valence-corrected chi connectivity index (χ4v) is 3.90. The van der Waals surface area contributed by atoms with E-state index in [0.717, 1.165) is 10.3 Å². The lowest BCUT2D eigenvalue weighted by Gasteiger charge is -2.29. The van der Waals surface area contributed by atoms with Crippen LogP contribution in [0.4, 0.5) is 11.5 Å². The summed E-state index contributed by atoms with van der Waals surface area (Å²) in [6.07, 6.45) is 1.39. The molecule has 3 aromatic rings. The van der Waals surface area contributed by atoms with E-state index in [1.807, 2.05) is 36.2 Å². The number of phenols is 1. The summed E-state index contributed by atoms with van der Waals surface area (Å²) in [5.41, 5.74) is 1.39. The number of anilines is 2. The Morgan fingerprint density at radius 1 is 1.18 bits per heavy atom. The van der Waals surface area contributed by atoms with Crippen LogP contribution in [0, 0.1) is 5.21 Å². The Morgan fingerprint density at radius 3 is 2.63 bits per heavy atom. The maximum absolute atomic E-state index is 12.1. The van der Waals surface area contributed by atoms with Gasteiger partial charge in [0.1, 0.15) is 11.5 Å². The molecular formula is C28H33N3O7. The van der Waals surface area contributed by atoms with Crippen LogP contribution >= 0.6 is 0 Å². The molecule has 38 heavy (non-hydrogen) atoms. The van der Waals surface area contributed by atoms with Gasteiger partial charge in [-0.05, 0) is 30.7 Å². The highest BCUT2D eigenvalue weighted by Gasteiger charge is 2.26. The fraction of sp³-hybridized carbons (Fsp3) is 0.321. The van der Waals surface area contributed by atoms with Crippen molar-refractivity contribution in [3.8, 4) is 11.5 Å². The number of carbonyl (C=O) groups is 2. The number of nitrogens with zero attached hydrogens (tertiary/aromatic N) is 3. The number of carbonyl (C=O) groups excluding carboxylic acids is 2. The minimum atomic E-state index is -0.768. The molecule has 0 saturated heterocycles. The molecule has 2 aromatic carbocycles. The lowest BCUT2D eigenvalue weighted by molar-refractivity contribution is -0.592. The van der Waals surface area contributed by atoms with Gasteiger partial charge in [-0.25, -0.2) is 4.73 Å². The van der Waals surface area contributed by atoms with Gasteiger partial charge in [0.15, 0.2) is 6.61 Å². The van der Waals surface area contributed by atoms with Gasteiger partial charge >= 0.3 is 5.97 Å². The first-order chi connectivity index (χ1) is 18.3. The second-order valence-electron chi connectivity index (χ2n) is 8.58. The summed E-state index contributed by atoms with van der Waals surface area (Å²) in [5, 5.41) is 30.9. The number of aromatic nitrogens is 1. The van der Waals surface area contributed by atoms with Gasteiger partial charge in [-0.2, -0.15) is 0 Å². The monoisotopic (exact) mass is 523 g/mol. The first-order valence-corrected chi connectivity index (χ1v) is 12.3. The molecule has 1 aromatic heterocycles. The molecule has 1 amide bonds. The Bertz CT molecular complexity index is 1210. The molecule has 202 valence electrons. The molecule has 4 rings (SSSR count).